The van der Waals surface area contributed by atoms with Gasteiger partial charge in [-0.1, -0.05) is 0 Å². The Balaban J connectivity index is 1.54. The number of benzene rings is 1. The Bertz CT molecular complexity index is 722. The number of sulfonamides is 1. The van der Waals surface area contributed by atoms with Gasteiger partial charge in [0, 0.05) is 18.6 Å². The van der Waals surface area contributed by atoms with Crippen LogP contribution in [0.1, 0.15) is 18.4 Å². The molecule has 2 fully saturated rings. The van der Waals surface area contributed by atoms with Gasteiger partial charge in [-0.05, 0) is 43.5 Å². The lowest BCUT2D eigenvalue weighted by Gasteiger charge is -2.39. The summed E-state index contributed by atoms with van der Waals surface area (Å²) in [5, 5.41) is 2.83. The molecule has 1 saturated carbocycles. The molecule has 3 atom stereocenters. The molecule has 0 radical (unpaired) electrons. The number of hydrogen-bond donors (Lipinski definition) is 2. The average Bonchev–Trinajstić information content (AvgIpc) is 2.87. The van der Waals surface area contributed by atoms with E-state index in [1.54, 1.807) is 0 Å². The molecular formula is C15H19FN2O4S. The molecule has 1 aromatic carbocycles. The van der Waals surface area contributed by atoms with E-state index in [0.717, 1.165) is 25.5 Å². The number of aryl methyl sites for hydroxylation is 1. The predicted molar refractivity (Wildman–Crippen MR) is 80.7 cm³/mol. The van der Waals surface area contributed by atoms with E-state index < -0.39 is 15.8 Å². The summed E-state index contributed by atoms with van der Waals surface area (Å²) < 4.78 is 45.1. The predicted octanol–water partition coefficient (Wildman–Crippen LogP) is 0.706. The Morgan fingerprint density at radius 2 is 2.22 bits per heavy atom. The van der Waals surface area contributed by atoms with Crippen LogP contribution < -0.4 is 10.0 Å². The SMILES string of the molecule is Cc1cc(S(=O)(=O)NCC(=O)N[C@@H]2C[C@@H]3OCC[C@@H]32)ccc1F. The molecule has 8 heteroatoms. The van der Waals surface area contributed by atoms with Crippen molar-refractivity contribution in [2.24, 2.45) is 5.92 Å². The number of carbonyl (C=O) groups excluding carboxylic acids is 1. The minimum absolute atomic E-state index is 0.0582. The molecule has 1 saturated heterocycles. The van der Waals surface area contributed by atoms with Gasteiger partial charge in [0.15, 0.2) is 0 Å². The second-order valence-electron chi connectivity index (χ2n) is 6.01. The molecule has 23 heavy (non-hydrogen) atoms. The van der Waals surface area contributed by atoms with Crippen LogP contribution in [-0.2, 0) is 19.6 Å². The molecule has 0 unspecified atom stereocenters. The highest BCUT2D eigenvalue weighted by molar-refractivity contribution is 7.89. The molecule has 1 amide bonds. The van der Waals surface area contributed by atoms with Gasteiger partial charge >= 0.3 is 0 Å². The number of halogens is 1. The third-order valence-corrected chi connectivity index (χ3v) is 5.87. The summed E-state index contributed by atoms with van der Waals surface area (Å²) in [7, 11) is -3.84. The summed E-state index contributed by atoms with van der Waals surface area (Å²) in [6.45, 7) is 1.86. The zero-order valence-corrected chi connectivity index (χ0v) is 13.5. The first-order valence-corrected chi connectivity index (χ1v) is 9.02. The van der Waals surface area contributed by atoms with Crippen LogP contribution in [0, 0.1) is 18.7 Å². The van der Waals surface area contributed by atoms with Crippen LogP contribution in [0.25, 0.3) is 0 Å². The van der Waals surface area contributed by atoms with Gasteiger partial charge in [0.05, 0.1) is 17.5 Å². The van der Waals surface area contributed by atoms with Crippen LogP contribution in [0.4, 0.5) is 4.39 Å². The van der Waals surface area contributed by atoms with Crippen molar-refractivity contribution in [3.63, 3.8) is 0 Å². The Hall–Kier alpha value is -1.51. The number of ether oxygens (including phenoxy) is 1. The molecule has 1 aliphatic heterocycles. The van der Waals surface area contributed by atoms with E-state index in [-0.39, 0.29) is 35.1 Å². The number of fused-ring (bicyclic) bond motifs is 1. The van der Waals surface area contributed by atoms with Crippen molar-refractivity contribution in [2.45, 2.75) is 36.8 Å². The van der Waals surface area contributed by atoms with Crippen molar-refractivity contribution in [3.8, 4) is 0 Å². The Labute approximate surface area is 134 Å². The summed E-state index contributed by atoms with van der Waals surface area (Å²) >= 11 is 0. The van der Waals surface area contributed by atoms with E-state index in [1.165, 1.54) is 19.1 Å². The molecule has 0 aromatic heterocycles. The monoisotopic (exact) mass is 342 g/mol. The molecular weight excluding hydrogens is 323 g/mol. The molecule has 2 N–H and O–H groups in total. The van der Waals surface area contributed by atoms with Crippen molar-refractivity contribution >= 4 is 15.9 Å². The first kappa shape index (κ1) is 16.4. The first-order valence-electron chi connectivity index (χ1n) is 7.53. The summed E-state index contributed by atoms with van der Waals surface area (Å²) in [5.74, 6) is -0.502. The van der Waals surface area contributed by atoms with Gasteiger partial charge in [-0.3, -0.25) is 4.79 Å². The fourth-order valence-electron chi connectivity index (χ4n) is 3.05. The number of hydrogen-bond acceptors (Lipinski definition) is 4. The topological polar surface area (TPSA) is 84.5 Å². The summed E-state index contributed by atoms with van der Waals surface area (Å²) in [5.41, 5.74) is 0.235. The molecule has 6 nitrogen and oxygen atoms in total. The lowest BCUT2D eigenvalue weighted by molar-refractivity contribution is -0.122. The maximum Gasteiger partial charge on any atom is 0.241 e. The second kappa shape index (κ2) is 6.18. The van der Waals surface area contributed by atoms with Gasteiger partial charge < -0.3 is 10.1 Å². The average molecular weight is 342 g/mol. The van der Waals surface area contributed by atoms with Gasteiger partial charge in [0.25, 0.3) is 0 Å². The fraction of sp³-hybridized carbons (Fsp3) is 0.533. The smallest absolute Gasteiger partial charge is 0.241 e. The minimum atomic E-state index is -3.84. The van der Waals surface area contributed by atoms with Crippen molar-refractivity contribution in [3.05, 3.63) is 29.6 Å². The van der Waals surface area contributed by atoms with E-state index in [0.29, 0.717) is 5.92 Å². The summed E-state index contributed by atoms with van der Waals surface area (Å²) in [4.78, 5) is 11.8. The van der Waals surface area contributed by atoms with Crippen LogP contribution in [0.3, 0.4) is 0 Å². The lowest BCUT2D eigenvalue weighted by Crippen LogP contribution is -2.55. The van der Waals surface area contributed by atoms with Crippen molar-refractivity contribution < 1.29 is 22.3 Å². The molecule has 1 heterocycles. The maximum absolute atomic E-state index is 13.2. The van der Waals surface area contributed by atoms with Gasteiger partial charge in [-0.25, -0.2) is 17.5 Å². The Morgan fingerprint density at radius 1 is 1.43 bits per heavy atom. The zero-order chi connectivity index (χ0) is 16.6. The number of amides is 1. The van der Waals surface area contributed by atoms with Crippen LogP contribution >= 0.6 is 0 Å². The summed E-state index contributed by atoms with van der Waals surface area (Å²) in [6, 6.07) is 3.57. The lowest BCUT2D eigenvalue weighted by atomic mass is 9.76. The molecule has 3 rings (SSSR count). The quantitative estimate of drug-likeness (QED) is 0.825. The van der Waals surface area contributed by atoms with E-state index >= 15 is 0 Å². The van der Waals surface area contributed by atoms with Gasteiger partial charge in [0.1, 0.15) is 5.82 Å². The van der Waals surface area contributed by atoms with Crippen LogP contribution in [0.5, 0.6) is 0 Å². The Morgan fingerprint density at radius 3 is 2.91 bits per heavy atom. The highest BCUT2D eigenvalue weighted by Gasteiger charge is 2.45. The fourth-order valence-corrected chi connectivity index (χ4v) is 4.12. The van der Waals surface area contributed by atoms with Crippen LogP contribution in [-0.4, -0.2) is 39.6 Å². The standard InChI is InChI=1S/C15H19FN2O4S/c1-9-6-10(2-3-12(9)16)23(20,21)17-8-15(19)18-13-7-14-11(13)4-5-22-14/h2-3,6,11,13-14,17H,4-5,7-8H2,1H3,(H,18,19)/t11-,13-,14+/m1/s1. The number of rotatable bonds is 5. The molecule has 1 aromatic rings. The minimum Gasteiger partial charge on any atom is -0.378 e. The molecule has 2 aliphatic rings. The third-order valence-electron chi connectivity index (χ3n) is 4.47. The zero-order valence-electron chi connectivity index (χ0n) is 12.7. The molecule has 0 spiro atoms. The van der Waals surface area contributed by atoms with Crippen molar-refractivity contribution in [1.29, 1.82) is 0 Å². The van der Waals surface area contributed by atoms with Crippen molar-refractivity contribution in [2.75, 3.05) is 13.2 Å². The maximum atomic E-state index is 13.2. The van der Waals surface area contributed by atoms with Crippen molar-refractivity contribution in [1.82, 2.24) is 10.0 Å². The molecule has 126 valence electrons. The largest absolute Gasteiger partial charge is 0.378 e. The van der Waals surface area contributed by atoms with E-state index in [4.69, 9.17) is 4.74 Å². The first-order chi connectivity index (χ1) is 10.9. The summed E-state index contributed by atoms with van der Waals surface area (Å²) in [6.07, 6.45) is 1.94. The third kappa shape index (κ3) is 3.39. The van der Waals surface area contributed by atoms with E-state index in [2.05, 4.69) is 10.0 Å². The van der Waals surface area contributed by atoms with Crippen LogP contribution in [0.2, 0.25) is 0 Å². The second-order valence-corrected chi connectivity index (χ2v) is 7.77. The van der Waals surface area contributed by atoms with Gasteiger partial charge in [-0.15, -0.1) is 0 Å². The highest BCUT2D eigenvalue weighted by atomic mass is 32.2. The van der Waals surface area contributed by atoms with E-state index in [1.807, 2.05) is 0 Å². The number of nitrogens with one attached hydrogen (secondary N) is 2. The van der Waals surface area contributed by atoms with E-state index in [9.17, 15) is 17.6 Å². The normalized spacial score (nSPS) is 26.4. The number of carbonyl (C=O) groups is 1. The van der Waals surface area contributed by atoms with Gasteiger partial charge in [-0.2, -0.15) is 0 Å². The molecule has 1 aliphatic carbocycles. The Kier molecular flexibility index (Phi) is 4.39. The molecule has 0 bridgehead atoms. The van der Waals surface area contributed by atoms with Crippen LogP contribution in [0.15, 0.2) is 23.1 Å². The van der Waals surface area contributed by atoms with Gasteiger partial charge in [0.2, 0.25) is 15.9 Å². The highest BCUT2D eigenvalue weighted by Crippen LogP contribution is 2.38.